The van der Waals surface area contributed by atoms with Crippen LogP contribution in [0.4, 0.5) is 4.79 Å². The van der Waals surface area contributed by atoms with Crippen molar-refractivity contribution in [2.45, 2.75) is 57.5 Å². The van der Waals surface area contributed by atoms with Gasteiger partial charge in [0, 0.05) is 20.4 Å². The molecule has 130 valence electrons. The lowest BCUT2D eigenvalue weighted by Crippen LogP contribution is -2.46. The summed E-state index contributed by atoms with van der Waals surface area (Å²) in [5.74, 6) is 0. The van der Waals surface area contributed by atoms with Gasteiger partial charge in [0.1, 0.15) is 11.7 Å². The molecule has 0 spiro atoms. The van der Waals surface area contributed by atoms with Gasteiger partial charge in [-0.1, -0.05) is 0 Å². The second-order valence-corrected chi connectivity index (χ2v) is 6.81. The number of hydrogen-bond donors (Lipinski definition) is 1. The van der Waals surface area contributed by atoms with Crippen LogP contribution in [0, 0.1) is 0 Å². The summed E-state index contributed by atoms with van der Waals surface area (Å²) in [4.78, 5) is 12.0. The molecule has 0 bridgehead atoms. The van der Waals surface area contributed by atoms with Crippen molar-refractivity contribution < 1.29 is 19.0 Å². The number of aromatic nitrogens is 2. The van der Waals surface area contributed by atoms with Crippen LogP contribution in [0.1, 0.15) is 45.4 Å². The molecule has 1 aliphatic heterocycles. The van der Waals surface area contributed by atoms with E-state index in [-0.39, 0.29) is 18.2 Å². The van der Waals surface area contributed by atoms with Crippen molar-refractivity contribution in [1.82, 2.24) is 15.1 Å². The van der Waals surface area contributed by atoms with Gasteiger partial charge in [0.05, 0.1) is 24.4 Å². The van der Waals surface area contributed by atoms with E-state index in [0.717, 1.165) is 18.5 Å². The number of alkyl carbamates (subject to hydrolysis) is 1. The number of nitrogens with zero attached hydrogens (tertiary/aromatic N) is 2. The molecule has 0 aliphatic carbocycles. The van der Waals surface area contributed by atoms with Gasteiger partial charge >= 0.3 is 6.09 Å². The van der Waals surface area contributed by atoms with E-state index in [1.54, 1.807) is 13.3 Å². The summed E-state index contributed by atoms with van der Waals surface area (Å²) in [7, 11) is 3.52. The molecule has 0 unspecified atom stereocenters. The van der Waals surface area contributed by atoms with Crippen LogP contribution in [0.2, 0.25) is 0 Å². The summed E-state index contributed by atoms with van der Waals surface area (Å²) in [6.07, 6.45) is 2.59. The zero-order valence-electron chi connectivity index (χ0n) is 14.5. The van der Waals surface area contributed by atoms with Gasteiger partial charge in [-0.2, -0.15) is 5.10 Å². The van der Waals surface area contributed by atoms with Crippen LogP contribution in [0.3, 0.4) is 0 Å². The Kier molecular flexibility index (Phi) is 5.64. The van der Waals surface area contributed by atoms with Crippen LogP contribution in [-0.2, 0) is 21.3 Å². The van der Waals surface area contributed by atoms with E-state index in [1.165, 1.54) is 0 Å². The number of ether oxygens (including phenoxy) is 3. The zero-order chi connectivity index (χ0) is 17.0. The lowest BCUT2D eigenvalue weighted by Gasteiger charge is -2.26. The predicted molar refractivity (Wildman–Crippen MR) is 85.1 cm³/mol. The molecule has 0 radical (unpaired) electrons. The van der Waals surface area contributed by atoms with E-state index in [1.807, 2.05) is 38.6 Å². The zero-order valence-corrected chi connectivity index (χ0v) is 14.5. The van der Waals surface area contributed by atoms with Crippen molar-refractivity contribution in [2.24, 2.45) is 7.05 Å². The van der Waals surface area contributed by atoms with Crippen molar-refractivity contribution in [3.8, 4) is 0 Å². The Morgan fingerprint density at radius 1 is 1.43 bits per heavy atom. The number of carbonyl (C=O) groups is 1. The van der Waals surface area contributed by atoms with Crippen molar-refractivity contribution in [3.05, 3.63) is 18.0 Å². The highest BCUT2D eigenvalue weighted by Gasteiger charge is 2.31. The van der Waals surface area contributed by atoms with Gasteiger partial charge in [0.15, 0.2) is 0 Å². The second-order valence-electron chi connectivity index (χ2n) is 6.81. The third-order valence-electron chi connectivity index (χ3n) is 3.84. The Morgan fingerprint density at radius 2 is 2.17 bits per heavy atom. The number of aryl methyl sites for hydroxylation is 1. The molecular formula is C16H27N3O4. The third kappa shape index (κ3) is 4.94. The lowest BCUT2D eigenvalue weighted by atomic mass is 10.0. The Bertz CT molecular complexity index is 524. The molecule has 1 aromatic heterocycles. The van der Waals surface area contributed by atoms with Crippen LogP contribution in [-0.4, -0.2) is 47.3 Å². The third-order valence-corrected chi connectivity index (χ3v) is 3.84. The maximum absolute atomic E-state index is 12.0. The summed E-state index contributed by atoms with van der Waals surface area (Å²) in [5, 5.41) is 7.09. The van der Waals surface area contributed by atoms with Crippen LogP contribution >= 0.6 is 0 Å². The Morgan fingerprint density at radius 3 is 2.74 bits per heavy atom. The molecule has 2 rings (SSSR count). The molecule has 1 aromatic rings. The summed E-state index contributed by atoms with van der Waals surface area (Å²) >= 11 is 0. The number of nitrogens with one attached hydrogen (secondary N) is 1. The van der Waals surface area contributed by atoms with Crippen molar-refractivity contribution >= 4 is 6.09 Å². The van der Waals surface area contributed by atoms with Gasteiger partial charge in [-0.25, -0.2) is 4.79 Å². The Balaban J connectivity index is 2.00. The normalized spacial score (nSPS) is 25.7. The predicted octanol–water partition coefficient (Wildman–Crippen LogP) is 2.18. The van der Waals surface area contributed by atoms with Gasteiger partial charge in [-0.15, -0.1) is 0 Å². The maximum Gasteiger partial charge on any atom is 0.407 e. The van der Waals surface area contributed by atoms with E-state index in [2.05, 4.69) is 10.4 Å². The van der Waals surface area contributed by atoms with E-state index < -0.39 is 11.7 Å². The van der Waals surface area contributed by atoms with Crippen LogP contribution in [0.5, 0.6) is 0 Å². The smallest absolute Gasteiger partial charge is 0.407 e. The molecule has 1 saturated heterocycles. The summed E-state index contributed by atoms with van der Waals surface area (Å²) in [6, 6.07) is 1.81. The summed E-state index contributed by atoms with van der Waals surface area (Å²) in [5.41, 5.74) is 0.503. The first-order valence-electron chi connectivity index (χ1n) is 7.92. The van der Waals surface area contributed by atoms with E-state index in [0.29, 0.717) is 6.61 Å². The van der Waals surface area contributed by atoms with Gasteiger partial charge < -0.3 is 19.5 Å². The molecule has 7 nitrogen and oxygen atoms in total. The first-order valence-corrected chi connectivity index (χ1v) is 7.92. The number of carbonyl (C=O) groups excluding carboxylic acids is 1. The fourth-order valence-electron chi connectivity index (χ4n) is 2.72. The first kappa shape index (κ1) is 17.7. The molecule has 23 heavy (non-hydrogen) atoms. The fourth-order valence-corrected chi connectivity index (χ4v) is 2.72. The quantitative estimate of drug-likeness (QED) is 0.922. The highest BCUT2D eigenvalue weighted by molar-refractivity contribution is 5.68. The maximum atomic E-state index is 12.0. The topological polar surface area (TPSA) is 74.6 Å². The minimum atomic E-state index is -0.523. The summed E-state index contributed by atoms with van der Waals surface area (Å²) in [6.45, 7) is 5.94. The second kappa shape index (κ2) is 7.31. The number of rotatable bonds is 3. The summed E-state index contributed by atoms with van der Waals surface area (Å²) < 4.78 is 18.6. The molecule has 7 heteroatoms. The molecule has 1 aliphatic rings. The van der Waals surface area contributed by atoms with E-state index >= 15 is 0 Å². The van der Waals surface area contributed by atoms with Crippen LogP contribution in [0.25, 0.3) is 0 Å². The van der Waals surface area contributed by atoms with Crippen LogP contribution < -0.4 is 5.32 Å². The standard InChI is InChI=1S/C16H27N3O4/c1-16(2,3)23-15(20)18-11-6-7-13(22-10-14(11)21-5)12-8-9-17-19(12)4/h8-9,11,13-14H,6-7,10H2,1-5H3,(H,18,20)/t11-,13+,14-/m1/s1. The Hall–Kier alpha value is -1.60. The van der Waals surface area contributed by atoms with Crippen molar-refractivity contribution in [2.75, 3.05) is 13.7 Å². The highest BCUT2D eigenvalue weighted by Crippen LogP contribution is 2.28. The highest BCUT2D eigenvalue weighted by atomic mass is 16.6. The van der Waals surface area contributed by atoms with Gasteiger partial charge in [0.25, 0.3) is 0 Å². The average molecular weight is 325 g/mol. The van der Waals surface area contributed by atoms with Crippen LogP contribution in [0.15, 0.2) is 12.3 Å². The molecule has 0 aromatic carbocycles. The molecule has 1 fully saturated rings. The van der Waals surface area contributed by atoms with Gasteiger partial charge in [-0.05, 0) is 39.7 Å². The van der Waals surface area contributed by atoms with E-state index in [4.69, 9.17) is 14.2 Å². The molecule has 0 saturated carbocycles. The van der Waals surface area contributed by atoms with E-state index in [9.17, 15) is 4.79 Å². The monoisotopic (exact) mass is 325 g/mol. The SMILES string of the molecule is CO[C@@H]1CO[C@H](c2ccnn2C)CC[C@H]1NC(=O)OC(C)(C)C. The molecule has 2 heterocycles. The van der Waals surface area contributed by atoms with Crippen molar-refractivity contribution in [1.29, 1.82) is 0 Å². The minimum Gasteiger partial charge on any atom is -0.444 e. The minimum absolute atomic E-state index is 0.0504. The van der Waals surface area contributed by atoms with Crippen molar-refractivity contribution in [3.63, 3.8) is 0 Å². The average Bonchev–Trinajstić information content (AvgIpc) is 2.76. The van der Waals surface area contributed by atoms with Gasteiger partial charge in [-0.3, -0.25) is 4.68 Å². The first-order chi connectivity index (χ1) is 10.8. The fraction of sp³-hybridized carbons (Fsp3) is 0.750. The Labute approximate surface area is 137 Å². The molecule has 3 atom stereocenters. The lowest BCUT2D eigenvalue weighted by molar-refractivity contribution is -0.0265. The number of amides is 1. The number of methoxy groups -OCH3 is 1. The largest absolute Gasteiger partial charge is 0.444 e. The van der Waals surface area contributed by atoms with Gasteiger partial charge in [0.2, 0.25) is 0 Å². The molecular weight excluding hydrogens is 298 g/mol. The number of hydrogen-bond acceptors (Lipinski definition) is 5. The molecule has 1 amide bonds. The molecule has 1 N–H and O–H groups in total.